The lowest BCUT2D eigenvalue weighted by Crippen LogP contribution is -2.60. The summed E-state index contributed by atoms with van der Waals surface area (Å²) in [5.41, 5.74) is 3.74. The lowest BCUT2D eigenvalue weighted by Gasteiger charge is -2.33. The summed E-state index contributed by atoms with van der Waals surface area (Å²) in [4.78, 5) is 103. The Morgan fingerprint density at radius 2 is 1.05 bits per heavy atom. The zero-order valence-electron chi connectivity index (χ0n) is 49.0. The Hall–Kier alpha value is -6.95. The molecule has 1 aliphatic rings. The van der Waals surface area contributed by atoms with Crippen molar-refractivity contribution in [2.75, 3.05) is 26.0 Å². The Balaban J connectivity index is 1.35. The Kier molecular flexibility index (Phi) is 22.8. The Labute approximate surface area is 481 Å². The number of rotatable bonds is 23. The van der Waals surface area contributed by atoms with Crippen LogP contribution in [-0.4, -0.2) is 108 Å². The second-order valence-corrected chi connectivity index (χ2v) is 27.3. The highest BCUT2D eigenvalue weighted by Crippen LogP contribution is 2.38. The molecule has 1 heterocycles. The summed E-state index contributed by atoms with van der Waals surface area (Å²) < 4.78 is 10.7. The summed E-state index contributed by atoms with van der Waals surface area (Å²) >= 11 is 0. The second-order valence-electron chi connectivity index (χ2n) is 22.8. The number of aryl methyl sites for hydroxylation is 4. The standard InChI is InChI=1S/C64H82N6O9P2/c1-40(2)31-51(62(76)78-12)65-57(71)52(38-80(47-25-18-14-19-26-47)48-27-20-15-21-28-48)66-59(73)55(41(3)4)68-58(72)54-29-22-30-70(54)61(75)53(67-60(74)56(46-23-16-13-17-24-46)69-63(77)79-64(9,10)11)39-81(49-34-42(5)32-43(6)35-49)50-36-44(7)33-45(8)37-50/h13-21,23-28,32-37,40-41,51-56H,22,29-31,38-39H2,1-12H3,(H,65,71)(H,66,73)(H,67,74)(H,68,72)(H,69,77)/t51-,52+,53+,54+,55-,56-/m1/s1. The van der Waals surface area contributed by atoms with Crippen molar-refractivity contribution in [3.63, 3.8) is 0 Å². The van der Waals surface area contributed by atoms with Gasteiger partial charge >= 0.3 is 12.1 Å². The van der Waals surface area contributed by atoms with E-state index in [1.54, 1.807) is 65.0 Å². The zero-order valence-corrected chi connectivity index (χ0v) is 50.8. The molecule has 6 atom stereocenters. The van der Waals surface area contributed by atoms with Gasteiger partial charge in [0.1, 0.15) is 41.9 Å². The molecule has 5 aromatic carbocycles. The number of carbonyl (C=O) groups excluding carboxylic acids is 7. The molecule has 6 rings (SSSR count). The van der Waals surface area contributed by atoms with Crippen LogP contribution in [0.25, 0.3) is 0 Å². The van der Waals surface area contributed by atoms with E-state index in [1.165, 1.54) is 12.0 Å². The number of nitrogens with one attached hydrogen (secondary N) is 5. The second kappa shape index (κ2) is 29.2. The summed E-state index contributed by atoms with van der Waals surface area (Å²) in [6.07, 6.45) is 0.521. The molecule has 0 bridgehead atoms. The topological polar surface area (TPSA) is 201 Å². The fraction of sp³-hybridized carbons (Fsp3) is 0.422. The highest BCUT2D eigenvalue weighted by atomic mass is 31.1. The van der Waals surface area contributed by atoms with Gasteiger partial charge in [0, 0.05) is 18.9 Å². The van der Waals surface area contributed by atoms with Crippen molar-refractivity contribution >= 4 is 78.7 Å². The summed E-state index contributed by atoms with van der Waals surface area (Å²) in [6.45, 7) is 20.9. The number of methoxy groups -OCH3 is 1. The molecule has 5 aromatic rings. The monoisotopic (exact) mass is 1140 g/mol. The number of nitrogens with zero attached hydrogens (tertiary/aromatic N) is 1. The van der Waals surface area contributed by atoms with Gasteiger partial charge in [-0.1, -0.05) is 177 Å². The Morgan fingerprint density at radius 1 is 0.580 bits per heavy atom. The minimum Gasteiger partial charge on any atom is -0.467 e. The van der Waals surface area contributed by atoms with Crippen molar-refractivity contribution in [3.05, 3.63) is 155 Å². The van der Waals surface area contributed by atoms with E-state index < -0.39 is 105 Å². The SMILES string of the molecule is COC(=O)[C@@H](CC(C)C)NC(=O)[C@H](CP(c1ccccc1)c1ccccc1)NC(=O)[C@H](NC(=O)[C@@H]1CCCN1C(=O)[C@H](CP(c1cc(C)cc(C)c1)c1cc(C)cc(C)c1)NC(=O)[C@H](NC(=O)OC(C)(C)C)c1ccccc1)C(C)C. The summed E-state index contributed by atoms with van der Waals surface area (Å²) in [6, 6.07) is 34.0. The van der Waals surface area contributed by atoms with Gasteiger partial charge in [0.2, 0.25) is 29.5 Å². The summed E-state index contributed by atoms with van der Waals surface area (Å²) in [5.74, 6) is -3.99. The first-order chi connectivity index (χ1) is 38.4. The van der Waals surface area contributed by atoms with Gasteiger partial charge in [-0.3, -0.25) is 24.0 Å². The van der Waals surface area contributed by atoms with Crippen LogP contribution in [0.15, 0.2) is 127 Å². The largest absolute Gasteiger partial charge is 0.467 e. The maximum absolute atomic E-state index is 15.6. The third kappa shape index (κ3) is 18.3. The molecule has 5 N–H and O–H groups in total. The van der Waals surface area contributed by atoms with Gasteiger partial charge < -0.3 is 41.0 Å². The van der Waals surface area contributed by atoms with Gasteiger partial charge in [-0.15, -0.1) is 0 Å². The van der Waals surface area contributed by atoms with Gasteiger partial charge in [-0.25, -0.2) is 9.59 Å². The fourth-order valence-corrected chi connectivity index (χ4v) is 15.3. The van der Waals surface area contributed by atoms with E-state index in [4.69, 9.17) is 9.47 Å². The van der Waals surface area contributed by atoms with Crippen molar-refractivity contribution in [1.82, 2.24) is 31.5 Å². The van der Waals surface area contributed by atoms with E-state index in [1.807, 2.05) is 102 Å². The van der Waals surface area contributed by atoms with E-state index in [0.29, 0.717) is 18.4 Å². The number of benzene rings is 5. The van der Waals surface area contributed by atoms with Crippen molar-refractivity contribution < 1.29 is 43.0 Å². The molecule has 0 aliphatic carbocycles. The highest BCUT2D eigenvalue weighted by Gasteiger charge is 2.42. The van der Waals surface area contributed by atoms with Gasteiger partial charge in [0.15, 0.2) is 0 Å². The molecule has 0 radical (unpaired) electrons. The van der Waals surface area contributed by atoms with E-state index in [0.717, 1.165) is 43.5 Å². The third-order valence-electron chi connectivity index (χ3n) is 13.8. The highest BCUT2D eigenvalue weighted by molar-refractivity contribution is 7.73. The van der Waals surface area contributed by atoms with E-state index in [-0.39, 0.29) is 31.2 Å². The first-order valence-electron chi connectivity index (χ1n) is 27.9. The number of hydrogen-bond donors (Lipinski definition) is 5. The van der Waals surface area contributed by atoms with Gasteiger partial charge in [-0.05, 0) is 122 Å². The molecule has 0 aromatic heterocycles. The Bertz CT molecular complexity index is 2840. The van der Waals surface area contributed by atoms with Crippen LogP contribution in [0.5, 0.6) is 0 Å². The van der Waals surface area contributed by atoms with Crippen molar-refractivity contribution in [3.8, 4) is 0 Å². The van der Waals surface area contributed by atoms with E-state index in [9.17, 15) is 28.8 Å². The van der Waals surface area contributed by atoms with Crippen LogP contribution in [0.1, 0.15) is 102 Å². The Morgan fingerprint density at radius 3 is 1.53 bits per heavy atom. The first-order valence-corrected chi connectivity index (χ1v) is 30.9. The predicted molar refractivity (Wildman–Crippen MR) is 324 cm³/mol. The average Bonchev–Trinajstić information content (AvgIpc) is 3.92. The fourth-order valence-electron chi connectivity index (χ4n) is 10.2. The van der Waals surface area contributed by atoms with Crippen LogP contribution < -0.4 is 47.8 Å². The summed E-state index contributed by atoms with van der Waals surface area (Å²) in [5, 5.41) is 18.7. The summed E-state index contributed by atoms with van der Waals surface area (Å²) in [7, 11) is -1.34. The lowest BCUT2D eigenvalue weighted by molar-refractivity contribution is -0.145. The van der Waals surface area contributed by atoms with Crippen LogP contribution in [0.4, 0.5) is 4.79 Å². The lowest BCUT2D eigenvalue weighted by atomic mass is 10.0. The smallest absolute Gasteiger partial charge is 0.408 e. The molecule has 17 heteroatoms. The molecular weight excluding hydrogens is 1060 g/mol. The maximum Gasteiger partial charge on any atom is 0.408 e. The van der Waals surface area contributed by atoms with Crippen molar-refractivity contribution in [2.45, 2.75) is 137 Å². The molecule has 1 fully saturated rings. The number of carbonyl (C=O) groups is 7. The van der Waals surface area contributed by atoms with Crippen LogP contribution >= 0.6 is 15.8 Å². The third-order valence-corrected chi connectivity index (χ3v) is 18.9. The molecule has 15 nitrogen and oxygen atoms in total. The quantitative estimate of drug-likeness (QED) is 0.0324. The number of esters is 1. The van der Waals surface area contributed by atoms with E-state index in [2.05, 4.69) is 63.0 Å². The molecular formula is C64H82N6O9P2. The van der Waals surface area contributed by atoms with E-state index >= 15 is 4.79 Å². The number of amides is 6. The average molecular weight is 1140 g/mol. The number of likely N-dealkylation sites (tertiary alicyclic amines) is 1. The van der Waals surface area contributed by atoms with Crippen LogP contribution in [-0.2, 0) is 38.2 Å². The molecule has 1 aliphatic heterocycles. The normalized spacial score (nSPS) is 15.3. The molecule has 0 spiro atoms. The minimum absolute atomic E-state index is 0.0203. The van der Waals surface area contributed by atoms with Crippen LogP contribution in [0, 0.1) is 39.5 Å². The molecule has 1 saturated heterocycles. The van der Waals surface area contributed by atoms with Crippen molar-refractivity contribution in [2.24, 2.45) is 11.8 Å². The number of alkyl carbamates (subject to hydrolysis) is 1. The molecule has 0 unspecified atom stereocenters. The maximum atomic E-state index is 15.6. The van der Waals surface area contributed by atoms with Crippen LogP contribution in [0.2, 0.25) is 0 Å². The van der Waals surface area contributed by atoms with Gasteiger partial charge in [0.05, 0.1) is 7.11 Å². The minimum atomic E-state index is -1.35. The van der Waals surface area contributed by atoms with Gasteiger partial charge in [0.25, 0.3) is 0 Å². The molecule has 432 valence electrons. The van der Waals surface area contributed by atoms with Gasteiger partial charge in [-0.2, -0.15) is 0 Å². The zero-order chi connectivity index (χ0) is 59.1. The predicted octanol–water partition coefficient (Wildman–Crippen LogP) is 7.56. The molecule has 81 heavy (non-hydrogen) atoms. The molecule has 6 amide bonds. The number of hydrogen-bond acceptors (Lipinski definition) is 9. The van der Waals surface area contributed by atoms with Crippen LogP contribution in [0.3, 0.4) is 0 Å². The molecule has 0 saturated carbocycles. The first kappa shape index (κ1) is 63.2. The van der Waals surface area contributed by atoms with Crippen molar-refractivity contribution in [1.29, 1.82) is 0 Å². The number of ether oxygens (including phenoxy) is 2.